The summed E-state index contributed by atoms with van der Waals surface area (Å²) in [7, 11) is 0. The summed E-state index contributed by atoms with van der Waals surface area (Å²) in [4.78, 5) is 0. The number of aliphatic hydroxyl groups excluding tert-OH is 2. The SMILES string of the molecule is C[C@H](O)C[C@@H](O)c1ccc(I)cc1. The third-order valence-electron chi connectivity index (χ3n) is 1.82. The lowest BCUT2D eigenvalue weighted by atomic mass is 10.0. The van der Waals surface area contributed by atoms with Crippen LogP contribution in [0.2, 0.25) is 0 Å². The van der Waals surface area contributed by atoms with E-state index in [9.17, 15) is 5.11 Å². The van der Waals surface area contributed by atoms with Crippen LogP contribution in [0.5, 0.6) is 0 Å². The maximum absolute atomic E-state index is 9.62. The van der Waals surface area contributed by atoms with Gasteiger partial charge < -0.3 is 10.2 Å². The van der Waals surface area contributed by atoms with Crippen molar-refractivity contribution in [3.63, 3.8) is 0 Å². The van der Waals surface area contributed by atoms with E-state index >= 15 is 0 Å². The molecule has 2 N–H and O–H groups in total. The summed E-state index contributed by atoms with van der Waals surface area (Å²) in [5, 5.41) is 18.7. The molecule has 0 fully saturated rings. The van der Waals surface area contributed by atoms with E-state index < -0.39 is 12.2 Å². The van der Waals surface area contributed by atoms with E-state index in [1.807, 2.05) is 24.3 Å². The summed E-state index contributed by atoms with van der Waals surface area (Å²) in [6.45, 7) is 1.68. The molecule has 0 aliphatic carbocycles. The Morgan fingerprint density at radius 3 is 2.23 bits per heavy atom. The van der Waals surface area contributed by atoms with Gasteiger partial charge in [0.05, 0.1) is 12.2 Å². The van der Waals surface area contributed by atoms with Gasteiger partial charge >= 0.3 is 0 Å². The fourth-order valence-corrected chi connectivity index (χ4v) is 1.50. The van der Waals surface area contributed by atoms with Crippen molar-refractivity contribution >= 4 is 22.6 Å². The van der Waals surface area contributed by atoms with Crippen molar-refractivity contribution < 1.29 is 10.2 Å². The first kappa shape index (κ1) is 10.9. The molecular formula is C10H13IO2. The Labute approximate surface area is 91.7 Å². The lowest BCUT2D eigenvalue weighted by Crippen LogP contribution is -2.07. The molecule has 0 spiro atoms. The summed E-state index contributed by atoms with van der Waals surface area (Å²) < 4.78 is 1.14. The molecule has 72 valence electrons. The molecule has 13 heavy (non-hydrogen) atoms. The predicted molar refractivity (Wildman–Crippen MR) is 60.4 cm³/mol. The molecule has 0 radical (unpaired) electrons. The number of benzene rings is 1. The van der Waals surface area contributed by atoms with Gasteiger partial charge in [-0.05, 0) is 47.2 Å². The largest absolute Gasteiger partial charge is 0.393 e. The third kappa shape index (κ3) is 3.62. The van der Waals surface area contributed by atoms with Gasteiger partial charge in [0.25, 0.3) is 0 Å². The van der Waals surface area contributed by atoms with Gasteiger partial charge in [0.15, 0.2) is 0 Å². The normalized spacial score (nSPS) is 15.4. The lowest BCUT2D eigenvalue weighted by Gasteiger charge is -2.12. The quantitative estimate of drug-likeness (QED) is 0.838. The second-order valence-electron chi connectivity index (χ2n) is 3.15. The van der Waals surface area contributed by atoms with Gasteiger partial charge in [-0.2, -0.15) is 0 Å². The van der Waals surface area contributed by atoms with E-state index in [0.717, 1.165) is 9.13 Å². The van der Waals surface area contributed by atoms with Crippen molar-refractivity contribution in [3.05, 3.63) is 33.4 Å². The molecule has 0 aliphatic rings. The minimum atomic E-state index is -0.558. The van der Waals surface area contributed by atoms with Crippen LogP contribution in [-0.2, 0) is 0 Å². The second kappa shape index (κ2) is 4.93. The van der Waals surface area contributed by atoms with Crippen LogP contribution in [0.25, 0.3) is 0 Å². The van der Waals surface area contributed by atoms with Crippen LogP contribution in [0, 0.1) is 3.57 Å². The number of halogens is 1. The highest BCUT2D eigenvalue weighted by atomic mass is 127. The van der Waals surface area contributed by atoms with E-state index in [2.05, 4.69) is 22.6 Å². The minimum absolute atomic E-state index is 0.389. The Morgan fingerprint density at radius 2 is 1.77 bits per heavy atom. The van der Waals surface area contributed by atoms with E-state index in [0.29, 0.717) is 6.42 Å². The van der Waals surface area contributed by atoms with Gasteiger partial charge in [-0.25, -0.2) is 0 Å². The van der Waals surface area contributed by atoms with Crippen molar-refractivity contribution in [1.82, 2.24) is 0 Å². The molecule has 0 saturated carbocycles. The molecule has 2 nitrogen and oxygen atoms in total. The van der Waals surface area contributed by atoms with Crippen molar-refractivity contribution in [1.29, 1.82) is 0 Å². The summed E-state index contributed by atoms with van der Waals surface area (Å²) in [5.74, 6) is 0. The first-order chi connectivity index (χ1) is 6.09. The molecule has 1 aromatic rings. The number of aliphatic hydroxyl groups is 2. The van der Waals surface area contributed by atoms with Crippen molar-refractivity contribution in [2.75, 3.05) is 0 Å². The van der Waals surface area contributed by atoms with Gasteiger partial charge in [0.1, 0.15) is 0 Å². The molecule has 0 saturated heterocycles. The van der Waals surface area contributed by atoms with Crippen molar-refractivity contribution in [3.8, 4) is 0 Å². The number of hydrogen-bond acceptors (Lipinski definition) is 2. The van der Waals surface area contributed by atoms with Gasteiger partial charge in [0.2, 0.25) is 0 Å². The van der Waals surface area contributed by atoms with E-state index in [1.54, 1.807) is 6.92 Å². The molecule has 0 heterocycles. The number of rotatable bonds is 3. The molecule has 0 bridgehead atoms. The van der Waals surface area contributed by atoms with Gasteiger partial charge in [-0.3, -0.25) is 0 Å². The zero-order chi connectivity index (χ0) is 9.84. The molecule has 2 atom stereocenters. The molecule has 3 heteroatoms. The summed E-state index contributed by atoms with van der Waals surface area (Å²) in [6.07, 6.45) is -0.632. The standard InChI is InChI=1S/C10H13IO2/c1-7(12)6-10(13)8-2-4-9(11)5-3-8/h2-5,7,10,12-13H,6H2,1H3/t7-,10+/m0/s1. The Bertz CT molecular complexity index is 256. The average molecular weight is 292 g/mol. The fourth-order valence-electron chi connectivity index (χ4n) is 1.14. The molecule has 1 aromatic carbocycles. The third-order valence-corrected chi connectivity index (χ3v) is 2.54. The average Bonchev–Trinajstić information content (AvgIpc) is 2.04. The van der Waals surface area contributed by atoms with Gasteiger partial charge in [0, 0.05) is 9.99 Å². The molecule has 0 aromatic heterocycles. The second-order valence-corrected chi connectivity index (χ2v) is 4.40. The number of hydrogen-bond donors (Lipinski definition) is 2. The van der Waals surface area contributed by atoms with Crippen LogP contribution in [0.4, 0.5) is 0 Å². The molecule has 0 unspecified atom stereocenters. The van der Waals surface area contributed by atoms with Crippen molar-refractivity contribution in [2.45, 2.75) is 25.6 Å². The Balaban J connectivity index is 2.66. The van der Waals surface area contributed by atoms with Crippen LogP contribution < -0.4 is 0 Å². The first-order valence-corrected chi connectivity index (χ1v) is 5.29. The van der Waals surface area contributed by atoms with E-state index in [1.165, 1.54) is 0 Å². The van der Waals surface area contributed by atoms with Crippen LogP contribution in [0.15, 0.2) is 24.3 Å². The molecule has 1 rings (SSSR count). The Hall–Kier alpha value is -0.130. The monoisotopic (exact) mass is 292 g/mol. The lowest BCUT2D eigenvalue weighted by molar-refractivity contribution is 0.0907. The Kier molecular flexibility index (Phi) is 4.15. The smallest absolute Gasteiger partial charge is 0.0814 e. The van der Waals surface area contributed by atoms with Crippen LogP contribution in [0.3, 0.4) is 0 Å². The highest BCUT2D eigenvalue weighted by molar-refractivity contribution is 14.1. The van der Waals surface area contributed by atoms with Gasteiger partial charge in [-0.1, -0.05) is 12.1 Å². The maximum atomic E-state index is 9.62. The molecule has 0 amide bonds. The topological polar surface area (TPSA) is 40.5 Å². The molecule has 0 aliphatic heterocycles. The summed E-state index contributed by atoms with van der Waals surface area (Å²) >= 11 is 2.21. The van der Waals surface area contributed by atoms with Crippen LogP contribution in [-0.4, -0.2) is 16.3 Å². The summed E-state index contributed by atoms with van der Waals surface area (Å²) in [6, 6.07) is 7.66. The van der Waals surface area contributed by atoms with Gasteiger partial charge in [-0.15, -0.1) is 0 Å². The summed E-state index contributed by atoms with van der Waals surface area (Å²) in [5.41, 5.74) is 0.862. The molecular weight excluding hydrogens is 279 g/mol. The van der Waals surface area contributed by atoms with Crippen LogP contribution in [0.1, 0.15) is 25.0 Å². The highest BCUT2D eigenvalue weighted by Gasteiger charge is 2.09. The maximum Gasteiger partial charge on any atom is 0.0814 e. The highest BCUT2D eigenvalue weighted by Crippen LogP contribution is 2.19. The van der Waals surface area contributed by atoms with Crippen molar-refractivity contribution in [2.24, 2.45) is 0 Å². The zero-order valence-electron chi connectivity index (χ0n) is 7.44. The Morgan fingerprint density at radius 1 is 1.23 bits per heavy atom. The first-order valence-electron chi connectivity index (χ1n) is 4.21. The van der Waals surface area contributed by atoms with E-state index in [-0.39, 0.29) is 0 Å². The predicted octanol–water partition coefficient (Wildman–Crippen LogP) is 2.10. The minimum Gasteiger partial charge on any atom is -0.393 e. The fraction of sp³-hybridized carbons (Fsp3) is 0.400. The zero-order valence-corrected chi connectivity index (χ0v) is 9.60. The van der Waals surface area contributed by atoms with E-state index in [4.69, 9.17) is 5.11 Å². The van der Waals surface area contributed by atoms with Crippen LogP contribution >= 0.6 is 22.6 Å².